The standard InChI is InChI=1S/C19H23N3OS/c1-14-6-9-21(12-14)17-4-2-16(3-5-17)20-19(23)22-10-7-15-8-11-24-18(15)13-22/h2-5,8,11,14H,6-7,9-10,12-13H2,1H3,(H,20,23). The normalized spacial score (nSPS) is 20.1. The first-order valence-corrected chi connectivity index (χ1v) is 9.53. The number of carbonyl (C=O) groups excluding carboxylic acids is 1. The van der Waals surface area contributed by atoms with Crippen LogP contribution in [0.25, 0.3) is 0 Å². The zero-order valence-corrected chi connectivity index (χ0v) is 14.8. The molecule has 2 amide bonds. The number of benzene rings is 1. The molecule has 24 heavy (non-hydrogen) atoms. The van der Waals surface area contributed by atoms with Gasteiger partial charge < -0.3 is 15.1 Å². The molecule has 1 fully saturated rings. The minimum Gasteiger partial charge on any atom is -0.371 e. The summed E-state index contributed by atoms with van der Waals surface area (Å²) in [6, 6.07) is 10.4. The molecule has 0 spiro atoms. The van der Waals surface area contributed by atoms with Gasteiger partial charge in [-0.3, -0.25) is 0 Å². The molecule has 4 nitrogen and oxygen atoms in total. The summed E-state index contributed by atoms with van der Waals surface area (Å²) in [7, 11) is 0. The fraction of sp³-hybridized carbons (Fsp3) is 0.421. The van der Waals surface area contributed by atoms with Gasteiger partial charge in [0, 0.05) is 35.9 Å². The van der Waals surface area contributed by atoms with Gasteiger partial charge >= 0.3 is 6.03 Å². The quantitative estimate of drug-likeness (QED) is 0.889. The first-order chi connectivity index (χ1) is 11.7. The lowest BCUT2D eigenvalue weighted by Gasteiger charge is -2.27. The van der Waals surface area contributed by atoms with Crippen LogP contribution in [0, 0.1) is 5.92 Å². The predicted octanol–water partition coefficient (Wildman–Crippen LogP) is 4.18. The molecule has 0 aliphatic carbocycles. The average molecular weight is 341 g/mol. The smallest absolute Gasteiger partial charge is 0.322 e. The second-order valence-electron chi connectivity index (χ2n) is 6.86. The van der Waals surface area contributed by atoms with Crippen molar-refractivity contribution in [1.29, 1.82) is 0 Å². The summed E-state index contributed by atoms with van der Waals surface area (Å²) in [6.07, 6.45) is 2.22. The lowest BCUT2D eigenvalue weighted by Crippen LogP contribution is -2.38. The Balaban J connectivity index is 1.38. The second-order valence-corrected chi connectivity index (χ2v) is 7.86. The third-order valence-electron chi connectivity index (χ3n) is 5.02. The fourth-order valence-corrected chi connectivity index (χ4v) is 4.49. The van der Waals surface area contributed by atoms with Gasteiger partial charge in [-0.1, -0.05) is 6.92 Å². The van der Waals surface area contributed by atoms with Gasteiger partial charge in [0.25, 0.3) is 0 Å². The van der Waals surface area contributed by atoms with Gasteiger partial charge in [-0.25, -0.2) is 4.79 Å². The van der Waals surface area contributed by atoms with Crippen molar-refractivity contribution in [2.75, 3.05) is 29.9 Å². The molecule has 4 rings (SSSR count). The first-order valence-electron chi connectivity index (χ1n) is 8.65. The van der Waals surface area contributed by atoms with Crippen LogP contribution in [0.4, 0.5) is 16.2 Å². The lowest BCUT2D eigenvalue weighted by molar-refractivity contribution is 0.207. The summed E-state index contributed by atoms with van der Waals surface area (Å²) < 4.78 is 0. The molecule has 126 valence electrons. The number of fused-ring (bicyclic) bond motifs is 1. The molecule has 1 atom stereocenters. The minimum atomic E-state index is -0.00315. The highest BCUT2D eigenvalue weighted by molar-refractivity contribution is 7.10. The van der Waals surface area contributed by atoms with Crippen LogP contribution in [0.5, 0.6) is 0 Å². The maximum atomic E-state index is 12.5. The summed E-state index contributed by atoms with van der Waals surface area (Å²) in [5.41, 5.74) is 3.51. The Labute approximate surface area is 147 Å². The highest BCUT2D eigenvalue weighted by atomic mass is 32.1. The van der Waals surface area contributed by atoms with Gasteiger partial charge in [-0.05, 0) is 60.0 Å². The third kappa shape index (κ3) is 3.13. The third-order valence-corrected chi connectivity index (χ3v) is 5.97. The Morgan fingerprint density at radius 2 is 2.04 bits per heavy atom. The molecule has 2 aliphatic heterocycles. The van der Waals surface area contributed by atoms with E-state index < -0.39 is 0 Å². The van der Waals surface area contributed by atoms with Gasteiger partial charge in [0.15, 0.2) is 0 Å². The van der Waals surface area contributed by atoms with Crippen molar-refractivity contribution >= 4 is 28.7 Å². The maximum Gasteiger partial charge on any atom is 0.322 e. The van der Waals surface area contributed by atoms with Crippen LogP contribution < -0.4 is 10.2 Å². The number of nitrogens with one attached hydrogen (secondary N) is 1. The van der Waals surface area contributed by atoms with Crippen LogP contribution >= 0.6 is 11.3 Å². The van der Waals surface area contributed by atoms with Crippen molar-refractivity contribution in [3.63, 3.8) is 0 Å². The molecule has 5 heteroatoms. The topological polar surface area (TPSA) is 35.6 Å². The van der Waals surface area contributed by atoms with Crippen LogP contribution in [0.15, 0.2) is 35.7 Å². The first kappa shape index (κ1) is 15.5. The zero-order valence-electron chi connectivity index (χ0n) is 14.0. The van der Waals surface area contributed by atoms with E-state index in [0.29, 0.717) is 0 Å². The van der Waals surface area contributed by atoms with Crippen molar-refractivity contribution in [1.82, 2.24) is 4.90 Å². The predicted molar refractivity (Wildman–Crippen MR) is 99.9 cm³/mol. The summed E-state index contributed by atoms with van der Waals surface area (Å²) in [5, 5.41) is 5.15. The van der Waals surface area contributed by atoms with E-state index in [9.17, 15) is 4.79 Å². The number of hydrogen-bond donors (Lipinski definition) is 1. The molecule has 1 aromatic carbocycles. The van der Waals surface area contributed by atoms with Gasteiger partial charge in [-0.15, -0.1) is 11.3 Å². The van der Waals surface area contributed by atoms with E-state index in [-0.39, 0.29) is 6.03 Å². The molecule has 1 saturated heterocycles. The van der Waals surface area contributed by atoms with E-state index in [1.807, 2.05) is 17.0 Å². The van der Waals surface area contributed by atoms with Crippen LogP contribution in [0.3, 0.4) is 0 Å². The molecule has 1 N–H and O–H groups in total. The maximum absolute atomic E-state index is 12.5. The lowest BCUT2D eigenvalue weighted by atomic mass is 10.1. The van der Waals surface area contributed by atoms with E-state index in [2.05, 4.69) is 40.7 Å². The Morgan fingerprint density at radius 3 is 2.79 bits per heavy atom. The van der Waals surface area contributed by atoms with Crippen LogP contribution in [-0.2, 0) is 13.0 Å². The van der Waals surface area contributed by atoms with Gasteiger partial charge in [0.1, 0.15) is 0 Å². The van der Waals surface area contributed by atoms with Crippen molar-refractivity contribution in [2.45, 2.75) is 26.3 Å². The SMILES string of the molecule is CC1CCN(c2ccc(NC(=O)N3CCc4ccsc4C3)cc2)C1. The number of urea groups is 1. The van der Waals surface area contributed by atoms with E-state index in [0.717, 1.165) is 44.2 Å². The Hall–Kier alpha value is -2.01. The average Bonchev–Trinajstić information content (AvgIpc) is 3.23. The Bertz CT molecular complexity index is 724. The van der Waals surface area contributed by atoms with Gasteiger partial charge in [0.05, 0.1) is 6.54 Å². The number of thiophene rings is 1. The highest BCUT2D eigenvalue weighted by Gasteiger charge is 2.22. The number of carbonyl (C=O) groups is 1. The molecule has 0 radical (unpaired) electrons. The number of amides is 2. The minimum absolute atomic E-state index is 0.00315. The molecule has 3 heterocycles. The van der Waals surface area contributed by atoms with E-state index in [1.54, 1.807) is 11.3 Å². The molecule has 2 aliphatic rings. The monoisotopic (exact) mass is 341 g/mol. The summed E-state index contributed by atoms with van der Waals surface area (Å²) >= 11 is 1.74. The van der Waals surface area contributed by atoms with Gasteiger partial charge in [-0.2, -0.15) is 0 Å². The molecular weight excluding hydrogens is 318 g/mol. The van der Waals surface area contributed by atoms with E-state index in [1.165, 1.54) is 22.5 Å². The summed E-state index contributed by atoms with van der Waals surface area (Å²) in [5.74, 6) is 0.769. The molecule has 1 aromatic heterocycles. The van der Waals surface area contributed by atoms with Crippen LogP contribution in [0.1, 0.15) is 23.8 Å². The van der Waals surface area contributed by atoms with Gasteiger partial charge in [0.2, 0.25) is 0 Å². The Morgan fingerprint density at radius 1 is 1.21 bits per heavy atom. The summed E-state index contributed by atoms with van der Waals surface area (Å²) in [6.45, 7) is 6.07. The number of hydrogen-bond acceptors (Lipinski definition) is 3. The van der Waals surface area contributed by atoms with E-state index >= 15 is 0 Å². The molecule has 2 aromatic rings. The van der Waals surface area contributed by atoms with Crippen molar-refractivity contribution in [3.05, 3.63) is 46.2 Å². The number of rotatable bonds is 2. The fourth-order valence-electron chi connectivity index (χ4n) is 3.54. The summed E-state index contributed by atoms with van der Waals surface area (Å²) in [4.78, 5) is 18.1. The van der Waals surface area contributed by atoms with Crippen LogP contribution in [-0.4, -0.2) is 30.6 Å². The van der Waals surface area contributed by atoms with Crippen molar-refractivity contribution < 1.29 is 4.79 Å². The van der Waals surface area contributed by atoms with E-state index in [4.69, 9.17) is 0 Å². The molecular formula is C19H23N3OS. The number of nitrogens with zero attached hydrogens (tertiary/aromatic N) is 2. The molecule has 0 saturated carbocycles. The molecule has 0 bridgehead atoms. The highest BCUT2D eigenvalue weighted by Crippen LogP contribution is 2.26. The van der Waals surface area contributed by atoms with Crippen molar-refractivity contribution in [3.8, 4) is 0 Å². The number of anilines is 2. The van der Waals surface area contributed by atoms with Crippen LogP contribution in [0.2, 0.25) is 0 Å². The Kier molecular flexibility index (Phi) is 4.19. The zero-order chi connectivity index (χ0) is 16.5. The van der Waals surface area contributed by atoms with Crippen molar-refractivity contribution in [2.24, 2.45) is 5.92 Å². The second kappa shape index (κ2) is 6.48. The molecule has 1 unspecified atom stereocenters. The largest absolute Gasteiger partial charge is 0.371 e.